The number of carbonyl (C=O) groups is 2. The van der Waals surface area contributed by atoms with E-state index in [2.05, 4.69) is 12.2 Å². The van der Waals surface area contributed by atoms with Crippen molar-refractivity contribution in [2.24, 2.45) is 5.92 Å². The van der Waals surface area contributed by atoms with Gasteiger partial charge in [0.15, 0.2) is 0 Å². The van der Waals surface area contributed by atoms with Crippen molar-refractivity contribution in [1.29, 1.82) is 0 Å². The second-order valence-electron chi connectivity index (χ2n) is 11.1. The van der Waals surface area contributed by atoms with E-state index >= 15 is 0 Å². The maximum absolute atomic E-state index is 14.7. The molecule has 7 nitrogen and oxygen atoms in total. The summed E-state index contributed by atoms with van der Waals surface area (Å²) in [6, 6.07) is 19.9. The smallest absolute Gasteiger partial charge is 0.314 e. The standard InChI is InChI=1S/C33H36Cl2N2O5/c1-4-33(24-12-14-36-20-24)29(21-10-11-27(34)28(35)18-21)32(31(39)40,23-8-6-5-7-9-23)13-15-37(33)30(38)22-16-25(41-2)19-26(17-22)42-3/h5-11,16-19,24,29,36H,4,12-15,20H2,1-3H3,(H,39,40). The number of carboxylic acids is 1. The molecule has 222 valence electrons. The van der Waals surface area contributed by atoms with Gasteiger partial charge in [0, 0.05) is 30.6 Å². The van der Waals surface area contributed by atoms with Crippen LogP contribution in [-0.2, 0) is 10.2 Å². The van der Waals surface area contributed by atoms with Gasteiger partial charge in [-0.1, -0.05) is 66.5 Å². The number of piperidine rings is 1. The number of hydrogen-bond donors (Lipinski definition) is 2. The molecular formula is C33H36Cl2N2O5. The predicted molar refractivity (Wildman–Crippen MR) is 164 cm³/mol. The summed E-state index contributed by atoms with van der Waals surface area (Å²) in [6.45, 7) is 3.74. The van der Waals surface area contributed by atoms with E-state index in [1.807, 2.05) is 41.3 Å². The highest BCUT2D eigenvalue weighted by molar-refractivity contribution is 6.42. The van der Waals surface area contributed by atoms with Gasteiger partial charge in [-0.05, 0) is 67.1 Å². The van der Waals surface area contributed by atoms with Gasteiger partial charge in [0.1, 0.15) is 16.9 Å². The first-order chi connectivity index (χ1) is 20.2. The number of carboxylic acid groups (broad SMARTS) is 1. The molecule has 0 aromatic heterocycles. The molecule has 2 fully saturated rings. The SMILES string of the molecule is CCC1(C2CCNC2)C(c2ccc(Cl)c(Cl)c2)C(C(=O)O)(c2ccccc2)CCN1C(=O)c1cc(OC)cc(OC)c1. The number of aliphatic carboxylic acids is 1. The van der Waals surface area contributed by atoms with Crippen LogP contribution in [0.5, 0.6) is 11.5 Å². The molecule has 0 spiro atoms. The minimum absolute atomic E-state index is 0.0267. The Morgan fingerprint density at radius 3 is 2.24 bits per heavy atom. The molecule has 9 heteroatoms. The van der Waals surface area contributed by atoms with Crippen LogP contribution in [0.15, 0.2) is 66.7 Å². The number of nitrogens with zero attached hydrogens (tertiary/aromatic N) is 1. The van der Waals surface area contributed by atoms with Crippen molar-refractivity contribution in [2.45, 2.75) is 43.1 Å². The molecule has 0 radical (unpaired) electrons. The molecule has 42 heavy (non-hydrogen) atoms. The van der Waals surface area contributed by atoms with Crippen LogP contribution in [0.1, 0.15) is 53.6 Å². The lowest BCUT2D eigenvalue weighted by Crippen LogP contribution is -2.69. The average molecular weight is 612 g/mol. The third kappa shape index (κ3) is 4.91. The second-order valence-corrected chi connectivity index (χ2v) is 11.9. The van der Waals surface area contributed by atoms with Crippen molar-refractivity contribution in [2.75, 3.05) is 33.9 Å². The van der Waals surface area contributed by atoms with E-state index in [0.717, 1.165) is 18.5 Å². The van der Waals surface area contributed by atoms with Crippen LogP contribution in [-0.4, -0.2) is 61.3 Å². The molecular weight excluding hydrogens is 575 g/mol. The van der Waals surface area contributed by atoms with E-state index in [4.69, 9.17) is 32.7 Å². The topological polar surface area (TPSA) is 88.1 Å². The van der Waals surface area contributed by atoms with E-state index in [0.29, 0.717) is 45.6 Å². The molecule has 3 aromatic rings. The lowest BCUT2D eigenvalue weighted by atomic mass is 9.52. The first-order valence-electron chi connectivity index (χ1n) is 14.2. The zero-order valence-corrected chi connectivity index (χ0v) is 25.5. The quantitative estimate of drug-likeness (QED) is 0.306. The highest BCUT2D eigenvalue weighted by Gasteiger charge is 2.64. The van der Waals surface area contributed by atoms with E-state index < -0.39 is 22.8 Å². The summed E-state index contributed by atoms with van der Waals surface area (Å²) in [5, 5.41) is 15.4. The van der Waals surface area contributed by atoms with Gasteiger partial charge in [-0.2, -0.15) is 0 Å². The Hall–Kier alpha value is -3.26. The van der Waals surface area contributed by atoms with Gasteiger partial charge < -0.3 is 24.8 Å². The van der Waals surface area contributed by atoms with E-state index in [9.17, 15) is 14.7 Å². The highest BCUT2D eigenvalue weighted by Crippen LogP contribution is 2.59. The van der Waals surface area contributed by atoms with E-state index in [1.165, 1.54) is 0 Å². The molecule has 5 rings (SSSR count). The van der Waals surface area contributed by atoms with Crippen molar-refractivity contribution in [3.05, 3.63) is 93.5 Å². The van der Waals surface area contributed by atoms with Gasteiger partial charge in [-0.3, -0.25) is 9.59 Å². The number of nitrogens with one attached hydrogen (secondary N) is 1. The maximum Gasteiger partial charge on any atom is 0.314 e. The molecule has 2 aliphatic heterocycles. The van der Waals surface area contributed by atoms with Gasteiger partial charge in [0.05, 0.1) is 29.8 Å². The largest absolute Gasteiger partial charge is 0.497 e. The first kappa shape index (κ1) is 30.2. The summed E-state index contributed by atoms with van der Waals surface area (Å²) >= 11 is 13.0. The summed E-state index contributed by atoms with van der Waals surface area (Å²) in [6.07, 6.45) is 1.53. The van der Waals surface area contributed by atoms with Crippen LogP contribution >= 0.6 is 23.2 Å². The molecule has 3 aromatic carbocycles. The monoisotopic (exact) mass is 610 g/mol. The number of halogens is 2. The summed E-state index contributed by atoms with van der Waals surface area (Å²) in [5.74, 6) is -0.781. The normalized spacial score (nSPS) is 25.7. The lowest BCUT2D eigenvalue weighted by molar-refractivity contribution is -0.152. The van der Waals surface area contributed by atoms with Crippen LogP contribution in [0.25, 0.3) is 0 Å². The number of benzene rings is 3. The highest BCUT2D eigenvalue weighted by atomic mass is 35.5. The molecule has 4 atom stereocenters. The Bertz CT molecular complexity index is 1440. The number of amides is 1. The Morgan fingerprint density at radius 1 is 1.00 bits per heavy atom. The molecule has 1 amide bonds. The zero-order chi connectivity index (χ0) is 30.1. The van der Waals surface area contributed by atoms with Crippen LogP contribution < -0.4 is 14.8 Å². The van der Waals surface area contributed by atoms with Gasteiger partial charge in [-0.25, -0.2) is 0 Å². The number of ether oxygens (including phenoxy) is 2. The number of carbonyl (C=O) groups excluding carboxylic acids is 1. The summed E-state index contributed by atoms with van der Waals surface area (Å²) in [4.78, 5) is 30.3. The lowest BCUT2D eigenvalue weighted by Gasteiger charge is -2.61. The summed E-state index contributed by atoms with van der Waals surface area (Å²) in [5.41, 5.74) is -0.358. The molecule has 2 heterocycles. The molecule has 2 saturated heterocycles. The number of rotatable bonds is 8. The Morgan fingerprint density at radius 2 is 1.69 bits per heavy atom. The van der Waals surface area contributed by atoms with Crippen molar-refractivity contribution in [3.8, 4) is 11.5 Å². The van der Waals surface area contributed by atoms with Gasteiger partial charge in [0.2, 0.25) is 0 Å². The van der Waals surface area contributed by atoms with Crippen molar-refractivity contribution in [1.82, 2.24) is 10.2 Å². The summed E-state index contributed by atoms with van der Waals surface area (Å²) < 4.78 is 11.0. The molecule has 0 aliphatic carbocycles. The Kier molecular flexibility index (Phi) is 8.74. The van der Waals surface area contributed by atoms with E-state index in [-0.39, 0.29) is 24.8 Å². The molecule has 2 N–H and O–H groups in total. The van der Waals surface area contributed by atoms with Crippen LogP contribution in [0.3, 0.4) is 0 Å². The average Bonchev–Trinajstić information content (AvgIpc) is 3.57. The summed E-state index contributed by atoms with van der Waals surface area (Å²) in [7, 11) is 3.09. The third-order valence-corrected chi connectivity index (χ3v) is 10.1. The number of likely N-dealkylation sites (tertiary alicyclic amines) is 1. The maximum atomic E-state index is 14.7. The van der Waals surface area contributed by atoms with Gasteiger partial charge in [-0.15, -0.1) is 0 Å². The fourth-order valence-electron chi connectivity index (χ4n) is 7.49. The molecule has 4 unspecified atom stereocenters. The predicted octanol–water partition coefficient (Wildman–Crippen LogP) is 6.42. The van der Waals surface area contributed by atoms with Gasteiger partial charge in [0.25, 0.3) is 5.91 Å². The fraction of sp³-hybridized carbons (Fsp3) is 0.394. The fourth-order valence-corrected chi connectivity index (χ4v) is 7.79. The first-order valence-corrected chi connectivity index (χ1v) is 15.0. The zero-order valence-electron chi connectivity index (χ0n) is 24.0. The van der Waals surface area contributed by atoms with Crippen LogP contribution in [0, 0.1) is 5.92 Å². The van der Waals surface area contributed by atoms with Gasteiger partial charge >= 0.3 is 5.97 Å². The number of hydrogen-bond acceptors (Lipinski definition) is 5. The van der Waals surface area contributed by atoms with Crippen LogP contribution in [0.2, 0.25) is 10.0 Å². The third-order valence-electron chi connectivity index (χ3n) is 9.35. The Labute approximate surface area is 256 Å². The second kappa shape index (κ2) is 12.2. The molecule has 2 aliphatic rings. The molecule has 0 bridgehead atoms. The van der Waals surface area contributed by atoms with E-state index in [1.54, 1.807) is 44.6 Å². The molecule has 0 saturated carbocycles. The van der Waals surface area contributed by atoms with Crippen molar-refractivity contribution < 1.29 is 24.2 Å². The van der Waals surface area contributed by atoms with Crippen molar-refractivity contribution >= 4 is 35.1 Å². The number of methoxy groups -OCH3 is 2. The minimum atomic E-state index is -1.33. The van der Waals surface area contributed by atoms with Crippen LogP contribution in [0.4, 0.5) is 0 Å². The Balaban J connectivity index is 1.81. The minimum Gasteiger partial charge on any atom is -0.497 e. The van der Waals surface area contributed by atoms with Crippen molar-refractivity contribution in [3.63, 3.8) is 0 Å².